The maximum atomic E-state index is 14.9. The molecule has 2 aromatic carbocycles. The van der Waals surface area contributed by atoms with Crippen LogP contribution < -0.4 is 5.32 Å². The largest absolute Gasteiger partial charge is 0.417 e. The molecule has 186 valence electrons. The van der Waals surface area contributed by atoms with Gasteiger partial charge in [0.25, 0.3) is 5.91 Å². The fraction of sp³-hybridized carbons (Fsp3) is 0.136. The highest BCUT2D eigenvalue weighted by Gasteiger charge is 2.41. The van der Waals surface area contributed by atoms with Gasteiger partial charge in [-0.25, -0.2) is 4.39 Å². The molecule has 3 rings (SSSR count). The van der Waals surface area contributed by atoms with Crippen molar-refractivity contribution in [3.8, 4) is 0 Å². The molecule has 0 saturated carbocycles. The molecule has 3 aromatic rings. The third-order valence-electron chi connectivity index (χ3n) is 4.66. The van der Waals surface area contributed by atoms with Gasteiger partial charge in [0.15, 0.2) is 0 Å². The van der Waals surface area contributed by atoms with Crippen LogP contribution in [-0.4, -0.2) is 12.1 Å². The van der Waals surface area contributed by atoms with Gasteiger partial charge in [0.2, 0.25) is 0 Å². The van der Waals surface area contributed by atoms with E-state index in [9.17, 15) is 35.5 Å². The number of hydrogen-bond donors (Lipinski definition) is 1. The van der Waals surface area contributed by atoms with Crippen molar-refractivity contribution in [2.75, 3.05) is 5.32 Å². The molecule has 0 spiro atoms. The highest BCUT2D eigenvalue weighted by molar-refractivity contribution is 7.08. The Morgan fingerprint density at radius 3 is 2.11 bits per heavy atom. The van der Waals surface area contributed by atoms with Crippen molar-refractivity contribution in [1.82, 2.24) is 0 Å². The Hall–Kier alpha value is -2.27. The molecule has 1 heterocycles. The SMILES string of the molecule is O=C(Nc1ccsc1)c1ccc(/C(F)=C/C(c2cc(Cl)c(Cl)c(Cl)c2)C(F)(F)F)cc1C(F)(F)F. The van der Waals surface area contributed by atoms with Crippen LogP contribution in [0.3, 0.4) is 0 Å². The standard InChI is InChI=1S/C22H11Cl3F7NOS/c23-16-6-11(7-17(24)19(16)25)14(21(27,28)29)8-18(26)10-1-2-13(15(5-10)22(30,31)32)20(34)33-12-3-4-35-9-12/h1-9,14H,(H,33,34)/b18-8-. The highest BCUT2D eigenvalue weighted by atomic mass is 35.5. The first kappa shape index (κ1) is 27.3. The number of rotatable bonds is 5. The molecule has 0 fully saturated rings. The summed E-state index contributed by atoms with van der Waals surface area (Å²) in [5, 5.41) is 4.47. The monoisotopic (exact) mass is 575 g/mol. The van der Waals surface area contributed by atoms with Crippen molar-refractivity contribution in [2.24, 2.45) is 0 Å². The van der Waals surface area contributed by atoms with Crippen LogP contribution in [0.15, 0.2) is 53.2 Å². The first-order valence-electron chi connectivity index (χ1n) is 9.32. The van der Waals surface area contributed by atoms with Gasteiger partial charge in [-0.1, -0.05) is 40.9 Å². The van der Waals surface area contributed by atoms with Crippen LogP contribution in [0.5, 0.6) is 0 Å². The number of alkyl halides is 6. The molecular weight excluding hydrogens is 566 g/mol. The molecule has 0 bridgehead atoms. The lowest BCUT2D eigenvalue weighted by molar-refractivity contribution is -0.140. The number of carbonyl (C=O) groups excluding carboxylic acids is 1. The molecular formula is C22H11Cl3F7NOS. The van der Waals surface area contributed by atoms with Gasteiger partial charge in [0.1, 0.15) is 11.7 Å². The van der Waals surface area contributed by atoms with Gasteiger partial charge < -0.3 is 5.32 Å². The van der Waals surface area contributed by atoms with Crippen LogP contribution in [-0.2, 0) is 6.18 Å². The van der Waals surface area contributed by atoms with Crippen molar-refractivity contribution in [1.29, 1.82) is 0 Å². The number of halogens is 10. The van der Waals surface area contributed by atoms with Crippen LogP contribution in [0.2, 0.25) is 15.1 Å². The van der Waals surface area contributed by atoms with Crippen LogP contribution in [0.25, 0.3) is 5.83 Å². The van der Waals surface area contributed by atoms with Gasteiger partial charge in [-0.05, 0) is 47.4 Å². The summed E-state index contributed by atoms with van der Waals surface area (Å²) < 4.78 is 96.9. The molecule has 1 unspecified atom stereocenters. The quantitative estimate of drug-likeness (QED) is 0.238. The fourth-order valence-electron chi connectivity index (χ4n) is 3.04. The van der Waals surface area contributed by atoms with Crippen molar-refractivity contribution in [3.05, 3.63) is 90.6 Å². The second kappa shape index (κ2) is 10.4. The van der Waals surface area contributed by atoms with Gasteiger partial charge >= 0.3 is 12.4 Å². The molecule has 35 heavy (non-hydrogen) atoms. The van der Waals surface area contributed by atoms with E-state index in [1.807, 2.05) is 0 Å². The number of carbonyl (C=O) groups is 1. The van der Waals surface area contributed by atoms with E-state index in [1.54, 1.807) is 5.38 Å². The van der Waals surface area contributed by atoms with Gasteiger partial charge in [0, 0.05) is 10.9 Å². The number of allylic oxidation sites excluding steroid dienone is 1. The van der Waals surface area contributed by atoms with Gasteiger partial charge in [0.05, 0.1) is 31.9 Å². The summed E-state index contributed by atoms with van der Waals surface area (Å²) in [6.45, 7) is 0. The lowest BCUT2D eigenvalue weighted by Gasteiger charge is -2.19. The molecule has 0 aliphatic carbocycles. The molecule has 2 nitrogen and oxygen atoms in total. The summed E-state index contributed by atoms with van der Waals surface area (Å²) in [7, 11) is 0. The first-order chi connectivity index (χ1) is 16.2. The Morgan fingerprint density at radius 1 is 0.971 bits per heavy atom. The number of thiophene rings is 1. The van der Waals surface area contributed by atoms with E-state index in [1.165, 1.54) is 22.8 Å². The van der Waals surface area contributed by atoms with E-state index in [0.29, 0.717) is 6.07 Å². The molecule has 13 heteroatoms. The third-order valence-corrected chi connectivity index (χ3v) is 6.54. The predicted octanol–water partition coefficient (Wildman–Crippen LogP) is 9.64. The summed E-state index contributed by atoms with van der Waals surface area (Å²) >= 11 is 18.5. The molecule has 0 aliphatic rings. The Bertz CT molecular complexity index is 1250. The lowest BCUT2D eigenvalue weighted by atomic mass is 9.95. The zero-order chi connectivity index (χ0) is 26.1. The zero-order valence-electron chi connectivity index (χ0n) is 16.9. The van der Waals surface area contributed by atoms with Gasteiger partial charge in [-0.15, -0.1) is 0 Å². The summed E-state index contributed by atoms with van der Waals surface area (Å²) in [5.74, 6) is -5.33. The maximum Gasteiger partial charge on any atom is 0.417 e. The molecule has 1 atom stereocenters. The average molecular weight is 577 g/mol. The molecule has 1 N–H and O–H groups in total. The summed E-state index contributed by atoms with van der Waals surface area (Å²) in [6.07, 6.45) is -10.1. The van der Waals surface area contributed by atoms with Gasteiger partial charge in [-0.3, -0.25) is 4.79 Å². The van der Waals surface area contributed by atoms with E-state index in [2.05, 4.69) is 5.32 Å². The molecule has 0 saturated heterocycles. The van der Waals surface area contributed by atoms with Crippen molar-refractivity contribution in [3.63, 3.8) is 0 Å². The van der Waals surface area contributed by atoms with Crippen molar-refractivity contribution < 1.29 is 35.5 Å². The summed E-state index contributed by atoms with van der Waals surface area (Å²) in [5.41, 5.74) is -3.49. The fourth-order valence-corrected chi connectivity index (χ4v) is 4.24. The predicted molar refractivity (Wildman–Crippen MR) is 123 cm³/mol. The van der Waals surface area contributed by atoms with Crippen LogP contribution >= 0.6 is 46.1 Å². The second-order valence-electron chi connectivity index (χ2n) is 7.06. The maximum absolute atomic E-state index is 14.9. The zero-order valence-corrected chi connectivity index (χ0v) is 20.0. The summed E-state index contributed by atoms with van der Waals surface area (Å²) in [6, 6.07) is 4.85. The Morgan fingerprint density at radius 2 is 1.60 bits per heavy atom. The normalized spacial score (nSPS) is 13.6. The molecule has 0 aliphatic heterocycles. The number of hydrogen-bond acceptors (Lipinski definition) is 2. The van der Waals surface area contributed by atoms with Crippen LogP contribution in [0.4, 0.5) is 36.4 Å². The highest BCUT2D eigenvalue weighted by Crippen LogP contribution is 2.43. The first-order valence-corrected chi connectivity index (χ1v) is 11.4. The van der Waals surface area contributed by atoms with Crippen LogP contribution in [0, 0.1) is 0 Å². The minimum absolute atomic E-state index is 0.0937. The number of nitrogens with one attached hydrogen (secondary N) is 1. The lowest BCUT2D eigenvalue weighted by Crippen LogP contribution is -2.20. The van der Waals surface area contributed by atoms with Gasteiger partial charge in [-0.2, -0.15) is 37.7 Å². The Balaban J connectivity index is 2.05. The van der Waals surface area contributed by atoms with E-state index in [0.717, 1.165) is 18.2 Å². The Kier molecular flexibility index (Phi) is 8.10. The second-order valence-corrected chi connectivity index (χ2v) is 9.03. The third kappa shape index (κ3) is 6.49. The van der Waals surface area contributed by atoms with E-state index < -0.39 is 52.3 Å². The van der Waals surface area contributed by atoms with E-state index in [-0.39, 0.29) is 32.9 Å². The number of anilines is 1. The average Bonchev–Trinajstić information content (AvgIpc) is 3.26. The molecule has 1 amide bonds. The number of amides is 1. The minimum Gasteiger partial charge on any atom is -0.321 e. The van der Waals surface area contributed by atoms with E-state index >= 15 is 0 Å². The van der Waals surface area contributed by atoms with Crippen molar-refractivity contribution >= 4 is 63.6 Å². The topological polar surface area (TPSA) is 29.1 Å². The summed E-state index contributed by atoms with van der Waals surface area (Å²) in [4.78, 5) is 12.3. The minimum atomic E-state index is -5.10. The Labute approximate surface area is 212 Å². The smallest absolute Gasteiger partial charge is 0.321 e. The van der Waals surface area contributed by atoms with Crippen LogP contribution in [0.1, 0.15) is 33.0 Å². The molecule has 1 aromatic heterocycles. The van der Waals surface area contributed by atoms with E-state index in [4.69, 9.17) is 34.8 Å². The van der Waals surface area contributed by atoms with Crippen molar-refractivity contribution in [2.45, 2.75) is 18.3 Å². The number of benzene rings is 2. The molecule has 0 radical (unpaired) electrons.